The minimum atomic E-state index is -0.473. The summed E-state index contributed by atoms with van der Waals surface area (Å²) in [5.41, 5.74) is 1.84. The Morgan fingerprint density at radius 2 is 1.84 bits per heavy atom. The summed E-state index contributed by atoms with van der Waals surface area (Å²) in [6, 6.07) is 5.30. The van der Waals surface area contributed by atoms with Gasteiger partial charge >= 0.3 is 0 Å². The number of nitrogens with zero attached hydrogens (tertiary/aromatic N) is 1. The number of aromatic hydroxyl groups is 1. The molecule has 0 saturated heterocycles. The predicted octanol–water partition coefficient (Wildman–Crippen LogP) is 2.66. The van der Waals surface area contributed by atoms with Crippen molar-refractivity contribution in [3.05, 3.63) is 30.0 Å². The lowest BCUT2D eigenvalue weighted by Gasteiger charge is -2.18. The molecule has 1 aromatic carbocycles. The number of nitrogens with one attached hydrogen (secondary N) is 1. The number of alkyl halides is 2. The molecule has 0 atom stereocenters. The van der Waals surface area contributed by atoms with Crippen molar-refractivity contribution in [3.8, 4) is 5.75 Å². The average molecular weight is 268 g/mol. The Morgan fingerprint density at radius 1 is 1.11 bits per heavy atom. The zero-order chi connectivity index (χ0) is 13.7. The Morgan fingerprint density at radius 3 is 2.53 bits per heavy atom. The van der Waals surface area contributed by atoms with E-state index < -0.39 is 13.3 Å². The Kier molecular flexibility index (Phi) is 4.74. The van der Waals surface area contributed by atoms with Gasteiger partial charge in [0, 0.05) is 36.7 Å². The van der Waals surface area contributed by atoms with Crippen molar-refractivity contribution in [2.45, 2.75) is 6.42 Å². The highest BCUT2D eigenvalue weighted by Crippen LogP contribution is 2.27. The summed E-state index contributed by atoms with van der Waals surface area (Å²) < 4.78 is 24.7. The summed E-state index contributed by atoms with van der Waals surface area (Å²) in [6.07, 6.45) is 2.49. The van der Waals surface area contributed by atoms with E-state index in [2.05, 4.69) is 4.98 Å². The lowest BCUT2D eigenvalue weighted by Crippen LogP contribution is -2.30. The molecule has 0 amide bonds. The molecule has 3 nitrogen and oxygen atoms in total. The zero-order valence-electron chi connectivity index (χ0n) is 10.7. The maximum absolute atomic E-state index is 12.3. The molecule has 2 rings (SSSR count). The summed E-state index contributed by atoms with van der Waals surface area (Å²) in [5.74, 6) is 0.233. The van der Waals surface area contributed by atoms with Gasteiger partial charge < -0.3 is 10.1 Å². The van der Waals surface area contributed by atoms with E-state index in [1.807, 2.05) is 12.3 Å². The van der Waals surface area contributed by atoms with Crippen molar-refractivity contribution in [2.75, 3.05) is 33.0 Å². The number of fused-ring (bicyclic) bond motifs is 1. The molecular weight excluding hydrogens is 250 g/mol. The van der Waals surface area contributed by atoms with Crippen LogP contribution in [-0.2, 0) is 6.42 Å². The normalized spacial score (nSPS) is 11.5. The van der Waals surface area contributed by atoms with Gasteiger partial charge in [-0.25, -0.2) is 8.78 Å². The number of H-pyrrole nitrogens is 1. The van der Waals surface area contributed by atoms with Crippen LogP contribution in [0, 0.1) is 0 Å². The molecule has 0 aliphatic rings. The van der Waals surface area contributed by atoms with Gasteiger partial charge in [-0.05, 0) is 24.1 Å². The van der Waals surface area contributed by atoms with Gasteiger partial charge in [-0.1, -0.05) is 6.07 Å². The van der Waals surface area contributed by atoms with Crippen LogP contribution in [0.5, 0.6) is 5.75 Å². The molecule has 0 bridgehead atoms. The van der Waals surface area contributed by atoms with Crippen molar-refractivity contribution in [2.24, 2.45) is 0 Å². The third kappa shape index (κ3) is 3.23. The Balaban J connectivity index is 2.08. The van der Waals surface area contributed by atoms with Gasteiger partial charge in [0.25, 0.3) is 0 Å². The quantitative estimate of drug-likeness (QED) is 0.810. The second-order valence-electron chi connectivity index (χ2n) is 4.48. The number of halogens is 2. The largest absolute Gasteiger partial charge is 0.507 e. The first kappa shape index (κ1) is 13.8. The minimum Gasteiger partial charge on any atom is -0.507 e. The smallest absolute Gasteiger partial charge is 0.125 e. The van der Waals surface area contributed by atoms with E-state index in [1.54, 1.807) is 17.0 Å². The molecule has 0 aliphatic carbocycles. The fourth-order valence-corrected chi connectivity index (χ4v) is 2.29. The molecule has 2 aromatic rings. The van der Waals surface area contributed by atoms with Gasteiger partial charge in [0.2, 0.25) is 0 Å². The number of rotatable bonds is 7. The molecule has 0 spiro atoms. The van der Waals surface area contributed by atoms with Gasteiger partial charge in [0.05, 0.1) is 0 Å². The topological polar surface area (TPSA) is 39.3 Å². The standard InChI is InChI=1S/C14H18F2N2O/c15-5-8-18(9-6-16)7-4-11-10-17-12-2-1-3-13(19)14(11)12/h1-3,10,17,19H,4-9H2. The molecule has 0 fully saturated rings. The van der Waals surface area contributed by atoms with Crippen LogP contribution in [0.15, 0.2) is 24.4 Å². The number of benzene rings is 1. The zero-order valence-corrected chi connectivity index (χ0v) is 10.7. The number of phenols is 1. The Labute approximate surface area is 110 Å². The first-order chi connectivity index (χ1) is 9.26. The van der Waals surface area contributed by atoms with Crippen LogP contribution < -0.4 is 0 Å². The number of hydrogen-bond donors (Lipinski definition) is 2. The molecule has 5 heteroatoms. The molecule has 1 heterocycles. The fraction of sp³-hybridized carbons (Fsp3) is 0.429. The van der Waals surface area contributed by atoms with Gasteiger partial charge in [0.15, 0.2) is 0 Å². The van der Waals surface area contributed by atoms with Crippen molar-refractivity contribution >= 4 is 10.9 Å². The minimum absolute atomic E-state index is 0.233. The number of hydrogen-bond acceptors (Lipinski definition) is 2. The highest BCUT2D eigenvalue weighted by atomic mass is 19.1. The molecule has 2 N–H and O–H groups in total. The van der Waals surface area contributed by atoms with E-state index in [1.165, 1.54) is 0 Å². The van der Waals surface area contributed by atoms with Gasteiger partial charge in [-0.2, -0.15) is 0 Å². The first-order valence-corrected chi connectivity index (χ1v) is 6.38. The highest BCUT2D eigenvalue weighted by Gasteiger charge is 2.10. The van der Waals surface area contributed by atoms with Gasteiger partial charge in [-0.15, -0.1) is 0 Å². The van der Waals surface area contributed by atoms with E-state index >= 15 is 0 Å². The second-order valence-corrected chi connectivity index (χ2v) is 4.48. The van der Waals surface area contributed by atoms with E-state index in [9.17, 15) is 13.9 Å². The van der Waals surface area contributed by atoms with Crippen LogP contribution >= 0.6 is 0 Å². The summed E-state index contributed by atoms with van der Waals surface area (Å²) in [4.78, 5) is 4.84. The van der Waals surface area contributed by atoms with E-state index in [4.69, 9.17) is 0 Å². The summed E-state index contributed by atoms with van der Waals surface area (Å²) in [7, 11) is 0. The van der Waals surface area contributed by atoms with Crippen molar-refractivity contribution in [1.29, 1.82) is 0 Å². The van der Waals surface area contributed by atoms with E-state index in [0.717, 1.165) is 16.5 Å². The second kappa shape index (κ2) is 6.52. The molecule has 19 heavy (non-hydrogen) atoms. The monoisotopic (exact) mass is 268 g/mol. The molecule has 1 aromatic heterocycles. The lowest BCUT2D eigenvalue weighted by atomic mass is 10.1. The fourth-order valence-electron chi connectivity index (χ4n) is 2.29. The highest BCUT2D eigenvalue weighted by molar-refractivity contribution is 5.88. The van der Waals surface area contributed by atoms with Crippen molar-refractivity contribution < 1.29 is 13.9 Å². The lowest BCUT2D eigenvalue weighted by molar-refractivity contribution is 0.230. The number of aromatic nitrogens is 1. The molecule has 0 aliphatic heterocycles. The third-order valence-corrected chi connectivity index (χ3v) is 3.26. The van der Waals surface area contributed by atoms with Crippen LogP contribution in [0.25, 0.3) is 10.9 Å². The van der Waals surface area contributed by atoms with Crippen LogP contribution in [0.3, 0.4) is 0 Å². The maximum atomic E-state index is 12.3. The molecule has 0 saturated carbocycles. The third-order valence-electron chi connectivity index (χ3n) is 3.26. The summed E-state index contributed by atoms with van der Waals surface area (Å²) >= 11 is 0. The Hall–Kier alpha value is -1.62. The van der Waals surface area contributed by atoms with E-state index in [-0.39, 0.29) is 18.8 Å². The van der Waals surface area contributed by atoms with Crippen LogP contribution in [0.2, 0.25) is 0 Å². The van der Waals surface area contributed by atoms with Crippen molar-refractivity contribution in [3.63, 3.8) is 0 Å². The van der Waals surface area contributed by atoms with E-state index in [0.29, 0.717) is 13.0 Å². The van der Waals surface area contributed by atoms with Crippen molar-refractivity contribution in [1.82, 2.24) is 9.88 Å². The number of phenolic OH excluding ortho intramolecular Hbond substituents is 1. The molecule has 104 valence electrons. The summed E-state index contributed by atoms with van der Waals surface area (Å²) in [6.45, 7) is 0.129. The summed E-state index contributed by atoms with van der Waals surface area (Å²) in [5, 5.41) is 10.7. The molecule has 0 radical (unpaired) electrons. The molecular formula is C14H18F2N2O. The van der Waals surface area contributed by atoms with Crippen LogP contribution in [-0.4, -0.2) is 48.0 Å². The van der Waals surface area contributed by atoms with Crippen LogP contribution in [0.4, 0.5) is 8.78 Å². The first-order valence-electron chi connectivity index (χ1n) is 6.38. The van der Waals surface area contributed by atoms with Gasteiger partial charge in [0.1, 0.15) is 19.1 Å². The van der Waals surface area contributed by atoms with Gasteiger partial charge in [-0.3, -0.25) is 4.90 Å². The van der Waals surface area contributed by atoms with Crippen LogP contribution in [0.1, 0.15) is 5.56 Å². The predicted molar refractivity (Wildman–Crippen MR) is 72.1 cm³/mol. The Bertz CT molecular complexity index is 521. The maximum Gasteiger partial charge on any atom is 0.125 e. The molecule has 0 unspecified atom stereocenters. The SMILES string of the molecule is Oc1cccc2[nH]cc(CCN(CCF)CCF)c12. The average Bonchev–Trinajstić information content (AvgIpc) is 2.81. The number of aromatic amines is 1.